The molecule has 3 heterocycles. The van der Waals surface area contributed by atoms with E-state index in [4.69, 9.17) is 0 Å². The Morgan fingerprint density at radius 2 is 2.04 bits per heavy atom. The van der Waals surface area contributed by atoms with Gasteiger partial charge in [0.25, 0.3) is 5.91 Å². The van der Waals surface area contributed by atoms with Crippen molar-refractivity contribution in [3.63, 3.8) is 0 Å². The SMILES string of the molecule is C/C=C/C(=O)Nc1ccccc1-c1cc(-c2cc3c([nH]2)CCNC3=O)ccn1. The van der Waals surface area contributed by atoms with Gasteiger partial charge in [0.2, 0.25) is 5.91 Å². The Kier molecular flexibility index (Phi) is 4.76. The number of hydrogen-bond donors (Lipinski definition) is 3. The van der Waals surface area contributed by atoms with E-state index in [0.717, 1.165) is 34.6 Å². The van der Waals surface area contributed by atoms with Gasteiger partial charge in [-0.3, -0.25) is 14.6 Å². The third kappa shape index (κ3) is 3.44. The number of aromatic amines is 1. The number of nitrogens with zero attached hydrogens (tertiary/aromatic N) is 1. The van der Waals surface area contributed by atoms with Gasteiger partial charge in [-0.25, -0.2) is 0 Å². The highest BCUT2D eigenvalue weighted by Gasteiger charge is 2.20. The highest BCUT2D eigenvalue weighted by Crippen LogP contribution is 2.30. The van der Waals surface area contributed by atoms with Crippen LogP contribution in [0.4, 0.5) is 5.69 Å². The summed E-state index contributed by atoms with van der Waals surface area (Å²) in [5, 5.41) is 5.75. The van der Waals surface area contributed by atoms with Crippen LogP contribution in [0.25, 0.3) is 22.5 Å². The lowest BCUT2D eigenvalue weighted by molar-refractivity contribution is -0.111. The molecule has 1 aliphatic rings. The Morgan fingerprint density at radius 1 is 1.18 bits per heavy atom. The van der Waals surface area contributed by atoms with Crippen LogP contribution in [0, 0.1) is 0 Å². The second-order valence-corrected chi connectivity index (χ2v) is 6.55. The minimum Gasteiger partial charge on any atom is -0.358 e. The molecule has 28 heavy (non-hydrogen) atoms. The molecule has 6 nitrogen and oxygen atoms in total. The van der Waals surface area contributed by atoms with Crippen molar-refractivity contribution >= 4 is 17.5 Å². The lowest BCUT2D eigenvalue weighted by Crippen LogP contribution is -2.31. The largest absolute Gasteiger partial charge is 0.358 e. The molecule has 0 unspecified atom stereocenters. The minimum absolute atomic E-state index is 0.0462. The van der Waals surface area contributed by atoms with Gasteiger partial charge in [-0.2, -0.15) is 0 Å². The fourth-order valence-corrected chi connectivity index (χ4v) is 3.34. The summed E-state index contributed by atoms with van der Waals surface area (Å²) in [6.45, 7) is 2.44. The monoisotopic (exact) mass is 372 g/mol. The predicted octanol–water partition coefficient (Wildman–Crippen LogP) is 3.54. The highest BCUT2D eigenvalue weighted by molar-refractivity contribution is 6.02. The highest BCUT2D eigenvalue weighted by atomic mass is 16.2. The van der Waals surface area contributed by atoms with E-state index in [9.17, 15) is 9.59 Å². The van der Waals surface area contributed by atoms with Crippen molar-refractivity contribution < 1.29 is 9.59 Å². The zero-order valence-corrected chi connectivity index (χ0v) is 15.5. The summed E-state index contributed by atoms with van der Waals surface area (Å²) >= 11 is 0. The third-order valence-corrected chi connectivity index (χ3v) is 4.65. The number of hydrogen-bond acceptors (Lipinski definition) is 3. The normalized spacial score (nSPS) is 13.2. The van der Waals surface area contributed by atoms with E-state index in [0.29, 0.717) is 17.8 Å². The molecule has 1 aromatic carbocycles. The van der Waals surface area contributed by atoms with Gasteiger partial charge in [0.05, 0.1) is 16.9 Å². The molecule has 2 aromatic heterocycles. The summed E-state index contributed by atoms with van der Waals surface area (Å²) in [7, 11) is 0. The second-order valence-electron chi connectivity index (χ2n) is 6.55. The average molecular weight is 372 g/mol. The molecule has 1 aliphatic heterocycles. The van der Waals surface area contributed by atoms with E-state index in [2.05, 4.69) is 20.6 Å². The van der Waals surface area contributed by atoms with Gasteiger partial charge in [0.1, 0.15) is 0 Å². The first-order chi connectivity index (χ1) is 13.7. The van der Waals surface area contributed by atoms with Crippen LogP contribution < -0.4 is 10.6 Å². The van der Waals surface area contributed by atoms with E-state index in [-0.39, 0.29) is 11.8 Å². The molecule has 0 bridgehead atoms. The standard InChI is InChI=1S/C22H20N4O2/c1-2-5-21(27)26-17-7-4-3-6-15(17)20-12-14(8-10-23-20)19-13-16-18(25-19)9-11-24-22(16)28/h2-8,10,12-13,25H,9,11H2,1H3,(H,24,28)(H,26,27)/b5-2+. The molecule has 2 amide bonds. The van der Waals surface area contributed by atoms with Crippen LogP contribution in [0.15, 0.2) is 60.8 Å². The van der Waals surface area contributed by atoms with Gasteiger partial charge < -0.3 is 15.6 Å². The predicted molar refractivity (Wildman–Crippen MR) is 109 cm³/mol. The summed E-state index contributed by atoms with van der Waals surface area (Å²) in [6.07, 6.45) is 5.70. The van der Waals surface area contributed by atoms with E-state index in [1.165, 1.54) is 6.08 Å². The zero-order chi connectivity index (χ0) is 19.5. The van der Waals surface area contributed by atoms with Crippen LogP contribution in [-0.2, 0) is 11.2 Å². The van der Waals surface area contributed by atoms with Crippen LogP contribution in [-0.4, -0.2) is 28.3 Å². The molecule has 0 saturated heterocycles. The molecule has 3 aromatic rings. The smallest absolute Gasteiger partial charge is 0.253 e. The van der Waals surface area contributed by atoms with E-state index in [1.807, 2.05) is 42.5 Å². The summed E-state index contributed by atoms with van der Waals surface area (Å²) in [5.74, 6) is -0.232. The van der Waals surface area contributed by atoms with Crippen LogP contribution >= 0.6 is 0 Å². The summed E-state index contributed by atoms with van der Waals surface area (Å²) in [6, 6.07) is 13.3. The van der Waals surface area contributed by atoms with Gasteiger partial charge in [-0.05, 0) is 37.3 Å². The van der Waals surface area contributed by atoms with Gasteiger partial charge in [-0.1, -0.05) is 24.3 Å². The molecule has 140 valence electrons. The number of fused-ring (bicyclic) bond motifs is 1. The van der Waals surface area contributed by atoms with Crippen molar-refractivity contribution in [3.05, 3.63) is 72.1 Å². The van der Waals surface area contributed by atoms with E-state index in [1.54, 1.807) is 19.2 Å². The average Bonchev–Trinajstić information content (AvgIpc) is 3.15. The van der Waals surface area contributed by atoms with Crippen LogP contribution in [0.1, 0.15) is 23.0 Å². The summed E-state index contributed by atoms with van der Waals surface area (Å²) < 4.78 is 0. The Hall–Kier alpha value is -3.67. The number of H-pyrrole nitrogens is 1. The lowest BCUT2D eigenvalue weighted by atomic mass is 10.0. The Balaban J connectivity index is 1.71. The topological polar surface area (TPSA) is 86.9 Å². The number of carbonyl (C=O) groups excluding carboxylic acids is 2. The van der Waals surface area contributed by atoms with Gasteiger partial charge in [0, 0.05) is 41.7 Å². The number of anilines is 1. The molecule has 0 radical (unpaired) electrons. The first-order valence-electron chi connectivity index (χ1n) is 9.15. The molecule has 0 fully saturated rings. The number of para-hydroxylation sites is 1. The number of nitrogens with one attached hydrogen (secondary N) is 3. The Labute approximate surface area is 162 Å². The first kappa shape index (κ1) is 17.7. The number of benzene rings is 1. The maximum absolute atomic E-state index is 12.0. The molecule has 4 rings (SSSR count). The maximum Gasteiger partial charge on any atom is 0.253 e. The lowest BCUT2D eigenvalue weighted by Gasteiger charge is -2.11. The number of rotatable bonds is 4. The van der Waals surface area contributed by atoms with Crippen molar-refractivity contribution in [1.29, 1.82) is 0 Å². The number of aromatic nitrogens is 2. The molecular formula is C22H20N4O2. The van der Waals surface area contributed by atoms with Crippen molar-refractivity contribution in [2.24, 2.45) is 0 Å². The fourth-order valence-electron chi connectivity index (χ4n) is 3.34. The van der Waals surface area contributed by atoms with Crippen molar-refractivity contribution in [2.45, 2.75) is 13.3 Å². The molecule has 3 N–H and O–H groups in total. The maximum atomic E-state index is 12.0. The van der Waals surface area contributed by atoms with Crippen molar-refractivity contribution in [2.75, 3.05) is 11.9 Å². The fraction of sp³-hybridized carbons (Fsp3) is 0.136. The number of amides is 2. The third-order valence-electron chi connectivity index (χ3n) is 4.65. The van der Waals surface area contributed by atoms with Crippen molar-refractivity contribution in [1.82, 2.24) is 15.3 Å². The van der Waals surface area contributed by atoms with Crippen LogP contribution in [0.2, 0.25) is 0 Å². The molecule has 0 spiro atoms. The second kappa shape index (κ2) is 7.52. The first-order valence-corrected chi connectivity index (χ1v) is 9.15. The Morgan fingerprint density at radius 3 is 2.86 bits per heavy atom. The van der Waals surface area contributed by atoms with Crippen LogP contribution in [0.5, 0.6) is 0 Å². The van der Waals surface area contributed by atoms with Gasteiger partial charge >= 0.3 is 0 Å². The zero-order valence-electron chi connectivity index (χ0n) is 15.5. The molecule has 6 heteroatoms. The number of allylic oxidation sites excluding steroid dienone is 1. The molecular weight excluding hydrogens is 352 g/mol. The van der Waals surface area contributed by atoms with Gasteiger partial charge in [0.15, 0.2) is 0 Å². The van der Waals surface area contributed by atoms with E-state index < -0.39 is 0 Å². The number of pyridine rings is 1. The van der Waals surface area contributed by atoms with Gasteiger partial charge in [-0.15, -0.1) is 0 Å². The molecule has 0 aliphatic carbocycles. The summed E-state index contributed by atoms with van der Waals surface area (Å²) in [5.41, 5.74) is 5.72. The quantitative estimate of drug-likeness (QED) is 0.612. The molecule has 0 saturated carbocycles. The van der Waals surface area contributed by atoms with Crippen molar-refractivity contribution in [3.8, 4) is 22.5 Å². The number of carbonyl (C=O) groups is 2. The molecule has 0 atom stereocenters. The Bertz CT molecular complexity index is 1080. The van der Waals surface area contributed by atoms with E-state index >= 15 is 0 Å². The van der Waals surface area contributed by atoms with Crippen LogP contribution in [0.3, 0.4) is 0 Å². The minimum atomic E-state index is -0.186. The summed E-state index contributed by atoms with van der Waals surface area (Å²) in [4.78, 5) is 31.8.